The van der Waals surface area contributed by atoms with Gasteiger partial charge in [0.1, 0.15) is 13.2 Å². The molecule has 0 spiro atoms. The van der Waals surface area contributed by atoms with Crippen molar-refractivity contribution in [1.29, 1.82) is 0 Å². The molecule has 0 saturated carbocycles. The van der Waals surface area contributed by atoms with Gasteiger partial charge in [-0.1, -0.05) is 12.1 Å². The number of amides is 1. The van der Waals surface area contributed by atoms with Gasteiger partial charge in [0.2, 0.25) is 0 Å². The third-order valence-electron chi connectivity index (χ3n) is 7.24. The Kier molecular flexibility index (Phi) is 8.74. The van der Waals surface area contributed by atoms with Crippen molar-refractivity contribution in [3.05, 3.63) is 69.5 Å². The Balaban J connectivity index is 0.00000320. The minimum atomic E-state index is -0.150. The van der Waals surface area contributed by atoms with Crippen molar-refractivity contribution < 1.29 is 14.3 Å². The Morgan fingerprint density at radius 2 is 1.76 bits per heavy atom. The fraction of sp³-hybridized carbons (Fsp3) is 0.429. The number of fused-ring (bicyclic) bond motifs is 2. The predicted octanol–water partition coefficient (Wildman–Crippen LogP) is 3.12. The Morgan fingerprint density at radius 3 is 2.51 bits per heavy atom. The molecule has 198 valence electrons. The van der Waals surface area contributed by atoms with Gasteiger partial charge in [0.25, 0.3) is 11.5 Å². The number of halogens is 1. The van der Waals surface area contributed by atoms with Crippen molar-refractivity contribution in [2.24, 2.45) is 0 Å². The third-order valence-corrected chi connectivity index (χ3v) is 7.24. The van der Waals surface area contributed by atoms with Gasteiger partial charge in [0.15, 0.2) is 11.5 Å². The average molecular weight is 527 g/mol. The van der Waals surface area contributed by atoms with Crippen LogP contribution < -0.4 is 25.7 Å². The van der Waals surface area contributed by atoms with Crippen LogP contribution in [0.25, 0.3) is 10.9 Å². The number of aromatic nitrogens is 1. The van der Waals surface area contributed by atoms with Crippen LogP contribution in [0.5, 0.6) is 11.5 Å². The first-order valence-corrected chi connectivity index (χ1v) is 12.7. The van der Waals surface area contributed by atoms with Crippen LogP contribution in [0, 0.1) is 6.92 Å². The summed E-state index contributed by atoms with van der Waals surface area (Å²) < 4.78 is 13.1. The number of carbonyl (C=O) groups excluding carboxylic acids is 1. The number of rotatable bonds is 7. The van der Waals surface area contributed by atoms with Gasteiger partial charge in [0.05, 0.1) is 5.52 Å². The molecule has 1 aromatic heterocycles. The molecule has 0 radical (unpaired) electrons. The molecule has 1 saturated heterocycles. The molecule has 3 heterocycles. The molecule has 1 amide bonds. The number of likely N-dealkylation sites (tertiary alicyclic amines) is 1. The molecule has 0 aliphatic carbocycles. The first-order valence-electron chi connectivity index (χ1n) is 12.7. The fourth-order valence-electron chi connectivity index (χ4n) is 5.13. The lowest BCUT2D eigenvalue weighted by atomic mass is 10.0. The van der Waals surface area contributed by atoms with E-state index >= 15 is 0 Å². The van der Waals surface area contributed by atoms with Crippen molar-refractivity contribution in [1.82, 2.24) is 20.1 Å². The van der Waals surface area contributed by atoms with Crippen molar-refractivity contribution in [2.45, 2.75) is 38.9 Å². The Bertz CT molecular complexity index is 1320. The molecule has 8 nitrogen and oxygen atoms in total. The lowest BCUT2D eigenvalue weighted by molar-refractivity contribution is 0.0963. The molecular formula is C28H35ClN4O4. The summed E-state index contributed by atoms with van der Waals surface area (Å²) in [4.78, 5) is 27.4. The average Bonchev–Trinajstić information content (AvgIpc) is 2.91. The highest BCUT2D eigenvalue weighted by molar-refractivity contribution is 5.98. The van der Waals surface area contributed by atoms with Crippen LogP contribution >= 0.6 is 12.4 Å². The number of nitrogens with one attached hydrogen (secondary N) is 2. The largest absolute Gasteiger partial charge is 0.486 e. The van der Waals surface area contributed by atoms with Crippen LogP contribution in [-0.2, 0) is 13.1 Å². The summed E-state index contributed by atoms with van der Waals surface area (Å²) in [5.41, 5.74) is 3.49. The van der Waals surface area contributed by atoms with Crippen molar-refractivity contribution >= 4 is 29.2 Å². The van der Waals surface area contributed by atoms with Crippen LogP contribution in [0.1, 0.15) is 34.3 Å². The second kappa shape index (κ2) is 12.0. The maximum atomic E-state index is 12.9. The van der Waals surface area contributed by atoms with Gasteiger partial charge >= 0.3 is 0 Å². The number of benzene rings is 2. The summed E-state index contributed by atoms with van der Waals surface area (Å²) in [6.45, 7) is 7.33. The smallest absolute Gasteiger partial charge is 0.251 e. The van der Waals surface area contributed by atoms with E-state index in [1.165, 1.54) is 5.56 Å². The third kappa shape index (κ3) is 6.09. The number of aryl methyl sites for hydroxylation is 1. The second-order valence-electron chi connectivity index (χ2n) is 9.60. The monoisotopic (exact) mass is 526 g/mol. The molecule has 3 aromatic rings. The number of carbonyl (C=O) groups is 1. The van der Waals surface area contributed by atoms with Gasteiger partial charge in [-0.25, -0.2) is 0 Å². The Labute approximate surface area is 223 Å². The van der Waals surface area contributed by atoms with Crippen LogP contribution in [-0.4, -0.2) is 61.3 Å². The van der Waals surface area contributed by atoms with E-state index in [2.05, 4.69) is 27.7 Å². The number of nitrogens with zero attached hydrogens (tertiary/aromatic N) is 2. The minimum absolute atomic E-state index is 0. The summed E-state index contributed by atoms with van der Waals surface area (Å²) in [5, 5.41) is 7.35. The van der Waals surface area contributed by atoms with E-state index in [1.54, 1.807) is 17.7 Å². The first-order chi connectivity index (χ1) is 17.5. The van der Waals surface area contributed by atoms with E-state index in [1.807, 2.05) is 31.2 Å². The predicted molar refractivity (Wildman–Crippen MR) is 147 cm³/mol. The van der Waals surface area contributed by atoms with Gasteiger partial charge in [-0.2, -0.15) is 0 Å². The zero-order valence-corrected chi connectivity index (χ0v) is 22.2. The standard InChI is InChI=1S/C28H34N4O4.ClH/c1-19-15-27(33)32(24-17-21(28(34)29-2)4-5-23(19)24)12-11-31-9-7-22(8-10-31)30-18-20-3-6-25-26(16-20)36-14-13-35-25;/h3-6,15-17,22,30H,7-14,18H2,1-2H3,(H,29,34);1H. The van der Waals surface area contributed by atoms with Crippen LogP contribution in [0.15, 0.2) is 47.3 Å². The molecule has 0 unspecified atom stereocenters. The highest BCUT2D eigenvalue weighted by Crippen LogP contribution is 2.30. The normalized spacial score (nSPS) is 15.8. The Hall–Kier alpha value is -3.07. The number of piperidine rings is 1. The molecule has 2 aromatic carbocycles. The van der Waals surface area contributed by atoms with Crippen LogP contribution in [0.4, 0.5) is 0 Å². The highest BCUT2D eigenvalue weighted by Gasteiger charge is 2.20. The van der Waals surface area contributed by atoms with E-state index in [0.29, 0.717) is 31.4 Å². The van der Waals surface area contributed by atoms with Gasteiger partial charge in [-0.3, -0.25) is 9.59 Å². The quantitative estimate of drug-likeness (QED) is 0.492. The number of ether oxygens (including phenoxy) is 2. The van der Waals surface area contributed by atoms with E-state index in [4.69, 9.17) is 9.47 Å². The lowest BCUT2D eigenvalue weighted by Crippen LogP contribution is -2.43. The highest BCUT2D eigenvalue weighted by atomic mass is 35.5. The summed E-state index contributed by atoms with van der Waals surface area (Å²) in [6, 6.07) is 13.9. The maximum absolute atomic E-state index is 12.9. The van der Waals surface area contributed by atoms with Crippen molar-refractivity contribution in [2.75, 3.05) is 39.9 Å². The summed E-state index contributed by atoms with van der Waals surface area (Å²) in [7, 11) is 1.62. The molecule has 2 aliphatic heterocycles. The molecule has 9 heteroatoms. The summed E-state index contributed by atoms with van der Waals surface area (Å²) in [5.74, 6) is 1.50. The minimum Gasteiger partial charge on any atom is -0.486 e. The zero-order chi connectivity index (χ0) is 25.1. The van der Waals surface area contributed by atoms with Crippen molar-refractivity contribution in [3.63, 3.8) is 0 Å². The number of pyridine rings is 1. The molecule has 2 N–H and O–H groups in total. The molecule has 1 fully saturated rings. The van der Waals surface area contributed by atoms with E-state index < -0.39 is 0 Å². The van der Waals surface area contributed by atoms with Crippen LogP contribution in [0.3, 0.4) is 0 Å². The van der Waals surface area contributed by atoms with Gasteiger partial charge in [0, 0.05) is 49.7 Å². The van der Waals surface area contributed by atoms with Crippen molar-refractivity contribution in [3.8, 4) is 11.5 Å². The Morgan fingerprint density at radius 1 is 1.00 bits per heavy atom. The maximum Gasteiger partial charge on any atom is 0.251 e. The zero-order valence-electron chi connectivity index (χ0n) is 21.4. The number of hydrogen-bond donors (Lipinski definition) is 2. The number of hydrogen-bond acceptors (Lipinski definition) is 6. The molecule has 5 rings (SSSR count). The molecule has 2 aliphatic rings. The van der Waals surface area contributed by atoms with Crippen LogP contribution in [0.2, 0.25) is 0 Å². The molecule has 0 atom stereocenters. The SMILES string of the molecule is CNC(=O)c1ccc2c(C)cc(=O)n(CCN3CCC(NCc4ccc5c(c4)OCCO5)CC3)c2c1.Cl. The summed E-state index contributed by atoms with van der Waals surface area (Å²) >= 11 is 0. The van der Waals surface area contributed by atoms with Gasteiger partial charge < -0.3 is 29.6 Å². The van der Waals surface area contributed by atoms with E-state index in [9.17, 15) is 9.59 Å². The topological polar surface area (TPSA) is 84.8 Å². The molecule has 0 bridgehead atoms. The van der Waals surface area contributed by atoms with Gasteiger partial charge in [-0.05, 0) is 68.2 Å². The lowest BCUT2D eigenvalue weighted by Gasteiger charge is -2.32. The first kappa shape index (κ1) is 27.0. The fourth-order valence-corrected chi connectivity index (χ4v) is 5.13. The second-order valence-corrected chi connectivity index (χ2v) is 9.60. The summed E-state index contributed by atoms with van der Waals surface area (Å²) in [6.07, 6.45) is 2.13. The van der Waals surface area contributed by atoms with E-state index in [-0.39, 0.29) is 23.9 Å². The molecule has 37 heavy (non-hydrogen) atoms. The van der Waals surface area contributed by atoms with Gasteiger partial charge in [-0.15, -0.1) is 12.4 Å². The van der Waals surface area contributed by atoms with E-state index in [0.717, 1.165) is 67.0 Å². The molecular weight excluding hydrogens is 492 g/mol.